The van der Waals surface area contributed by atoms with Crippen LogP contribution < -0.4 is 8.92 Å². The second-order valence-corrected chi connectivity index (χ2v) is 11.6. The SMILES string of the molecule is CCCCCCCCCCCCOc1ccc(OS(=O)C(C)(C)c2nnc3c(Cl)c(C)[nH]n23)cc1. The first-order valence-corrected chi connectivity index (χ1v) is 14.2. The van der Waals surface area contributed by atoms with Crippen molar-refractivity contribution in [1.29, 1.82) is 0 Å². The Morgan fingerprint density at radius 2 is 1.51 bits per heavy atom. The number of benzene rings is 1. The van der Waals surface area contributed by atoms with Crippen molar-refractivity contribution >= 4 is 28.3 Å². The van der Waals surface area contributed by atoms with Crippen LogP contribution in [0.15, 0.2) is 24.3 Å². The quantitative estimate of drug-likeness (QED) is 0.200. The number of ether oxygens (including phenoxy) is 1. The van der Waals surface area contributed by atoms with Gasteiger partial charge in [-0.25, -0.2) is 8.72 Å². The molecule has 0 aliphatic rings. The number of fused-ring (bicyclic) bond motifs is 1. The van der Waals surface area contributed by atoms with Crippen molar-refractivity contribution in [2.45, 2.75) is 96.7 Å². The maximum Gasteiger partial charge on any atom is 0.220 e. The lowest BCUT2D eigenvalue weighted by molar-refractivity contribution is 0.304. The van der Waals surface area contributed by atoms with Gasteiger partial charge in [0.1, 0.15) is 21.3 Å². The molecular weight excluding hydrogens is 484 g/mol. The minimum Gasteiger partial charge on any atom is -0.494 e. The number of halogens is 1. The van der Waals surface area contributed by atoms with Crippen LogP contribution in [-0.2, 0) is 15.8 Å². The van der Waals surface area contributed by atoms with E-state index in [9.17, 15) is 4.21 Å². The van der Waals surface area contributed by atoms with Gasteiger partial charge in [0.05, 0.1) is 12.3 Å². The van der Waals surface area contributed by atoms with Gasteiger partial charge in [-0.3, -0.25) is 5.10 Å². The molecule has 1 N–H and O–H groups in total. The van der Waals surface area contributed by atoms with Gasteiger partial charge >= 0.3 is 0 Å². The van der Waals surface area contributed by atoms with Crippen LogP contribution in [0.2, 0.25) is 5.02 Å². The first-order chi connectivity index (χ1) is 16.8. The first-order valence-electron chi connectivity index (χ1n) is 12.8. The number of aromatic amines is 1. The lowest BCUT2D eigenvalue weighted by atomic mass is 10.1. The van der Waals surface area contributed by atoms with Gasteiger partial charge in [0, 0.05) is 0 Å². The van der Waals surface area contributed by atoms with E-state index in [2.05, 4.69) is 22.2 Å². The van der Waals surface area contributed by atoms with E-state index in [0.29, 0.717) is 28.9 Å². The number of rotatable bonds is 16. The number of nitrogens with one attached hydrogen (secondary N) is 1. The number of unbranched alkanes of at least 4 members (excludes halogenated alkanes) is 9. The number of hydrogen-bond donors (Lipinski definition) is 1. The van der Waals surface area contributed by atoms with Crippen molar-refractivity contribution in [2.24, 2.45) is 0 Å². The van der Waals surface area contributed by atoms with Crippen molar-refractivity contribution in [3.63, 3.8) is 0 Å². The smallest absolute Gasteiger partial charge is 0.220 e. The molecule has 0 radical (unpaired) electrons. The summed E-state index contributed by atoms with van der Waals surface area (Å²) in [6.45, 7) is 8.41. The van der Waals surface area contributed by atoms with Gasteiger partial charge in [-0.1, -0.05) is 76.3 Å². The average molecular weight is 523 g/mol. The van der Waals surface area contributed by atoms with Gasteiger partial charge in [0.2, 0.25) is 11.1 Å². The van der Waals surface area contributed by atoms with Gasteiger partial charge in [-0.15, -0.1) is 10.2 Å². The predicted octanol–water partition coefficient (Wildman–Crippen LogP) is 7.30. The summed E-state index contributed by atoms with van der Waals surface area (Å²) in [4.78, 5) is 0. The van der Waals surface area contributed by atoms with Gasteiger partial charge in [0.15, 0.2) is 11.5 Å². The van der Waals surface area contributed by atoms with Crippen molar-refractivity contribution in [3.8, 4) is 11.5 Å². The maximum absolute atomic E-state index is 13.1. The van der Waals surface area contributed by atoms with Crippen LogP contribution in [0.4, 0.5) is 0 Å². The minimum absolute atomic E-state index is 0.484. The van der Waals surface area contributed by atoms with E-state index in [1.54, 1.807) is 30.5 Å². The third-order valence-electron chi connectivity index (χ3n) is 6.19. The lowest BCUT2D eigenvalue weighted by Gasteiger charge is -2.20. The minimum atomic E-state index is -1.71. The molecular formula is C26H39ClN4O3S. The fourth-order valence-electron chi connectivity index (χ4n) is 3.94. The highest BCUT2D eigenvalue weighted by atomic mass is 35.5. The van der Waals surface area contributed by atoms with E-state index in [4.69, 9.17) is 20.5 Å². The van der Waals surface area contributed by atoms with Crippen LogP contribution >= 0.6 is 11.6 Å². The first kappa shape index (κ1) is 27.5. The van der Waals surface area contributed by atoms with Crippen molar-refractivity contribution in [2.75, 3.05) is 6.61 Å². The molecule has 0 saturated carbocycles. The number of H-pyrrole nitrogens is 1. The molecule has 35 heavy (non-hydrogen) atoms. The second-order valence-electron chi connectivity index (χ2n) is 9.56. The van der Waals surface area contributed by atoms with E-state index in [1.807, 2.05) is 19.1 Å². The third kappa shape index (κ3) is 7.46. The fourth-order valence-corrected chi connectivity index (χ4v) is 4.88. The molecule has 0 bridgehead atoms. The van der Waals surface area contributed by atoms with Crippen LogP contribution in [0.25, 0.3) is 5.65 Å². The molecule has 2 heterocycles. The Balaban J connectivity index is 1.39. The van der Waals surface area contributed by atoms with Crippen molar-refractivity contribution < 1.29 is 13.1 Å². The molecule has 2 aromatic heterocycles. The molecule has 194 valence electrons. The summed E-state index contributed by atoms with van der Waals surface area (Å²) >= 11 is 4.54. The predicted molar refractivity (Wildman–Crippen MR) is 143 cm³/mol. The fraction of sp³-hybridized carbons (Fsp3) is 0.615. The summed E-state index contributed by atoms with van der Waals surface area (Å²) in [6.07, 6.45) is 13.0. The monoisotopic (exact) mass is 522 g/mol. The Hall–Kier alpha value is -2.06. The standard InChI is InChI=1S/C26H39ClN4O3S/c1-5-6-7-8-9-10-11-12-13-14-19-33-21-15-17-22(18-16-21)34-35(32)26(3,4)25-29-28-24-23(27)20(2)30-31(24)25/h15-18,30H,5-14,19H2,1-4H3. The molecule has 9 heteroatoms. The van der Waals surface area contributed by atoms with Crippen molar-refractivity contribution in [1.82, 2.24) is 19.8 Å². The third-order valence-corrected chi connectivity index (χ3v) is 8.00. The normalized spacial score (nSPS) is 12.8. The van der Waals surface area contributed by atoms with E-state index in [-0.39, 0.29) is 0 Å². The molecule has 7 nitrogen and oxygen atoms in total. The number of aryl methyl sites for hydroxylation is 1. The van der Waals surface area contributed by atoms with E-state index in [0.717, 1.165) is 17.9 Å². The highest BCUT2D eigenvalue weighted by Crippen LogP contribution is 2.31. The van der Waals surface area contributed by atoms with Gasteiger partial charge < -0.3 is 8.92 Å². The van der Waals surface area contributed by atoms with E-state index < -0.39 is 15.8 Å². The van der Waals surface area contributed by atoms with Crippen LogP contribution in [0.3, 0.4) is 0 Å². The highest BCUT2D eigenvalue weighted by Gasteiger charge is 2.37. The average Bonchev–Trinajstić information content (AvgIpc) is 3.38. The largest absolute Gasteiger partial charge is 0.494 e. The van der Waals surface area contributed by atoms with Gasteiger partial charge in [-0.05, 0) is 51.5 Å². The summed E-state index contributed by atoms with van der Waals surface area (Å²) in [5, 5.41) is 11.9. The molecule has 3 rings (SSSR count). The molecule has 0 saturated heterocycles. The number of nitrogens with zero attached hydrogens (tertiary/aromatic N) is 3. The molecule has 0 aliphatic carbocycles. The van der Waals surface area contributed by atoms with Gasteiger partial charge in [-0.2, -0.15) is 0 Å². The second kappa shape index (κ2) is 13.3. The maximum atomic E-state index is 13.1. The summed E-state index contributed by atoms with van der Waals surface area (Å²) in [6, 6.07) is 7.24. The topological polar surface area (TPSA) is 81.5 Å². The molecule has 0 spiro atoms. The summed E-state index contributed by atoms with van der Waals surface area (Å²) in [5.74, 6) is 1.77. The number of aromatic nitrogens is 4. The summed E-state index contributed by atoms with van der Waals surface area (Å²) < 4.78 is 25.4. The summed E-state index contributed by atoms with van der Waals surface area (Å²) in [7, 11) is 0. The zero-order valence-corrected chi connectivity index (χ0v) is 23.0. The molecule has 3 aromatic rings. The molecule has 1 atom stereocenters. The zero-order chi connectivity index (χ0) is 25.3. The van der Waals surface area contributed by atoms with E-state index in [1.165, 1.54) is 57.8 Å². The van der Waals surface area contributed by atoms with Gasteiger partial charge in [0.25, 0.3) is 0 Å². The van der Waals surface area contributed by atoms with Crippen LogP contribution in [0.5, 0.6) is 11.5 Å². The Morgan fingerprint density at radius 3 is 2.14 bits per heavy atom. The number of hydrogen-bond acceptors (Lipinski definition) is 5. The molecule has 0 amide bonds. The Labute approximate surface area is 216 Å². The summed E-state index contributed by atoms with van der Waals surface area (Å²) in [5.41, 5.74) is 1.28. The van der Waals surface area contributed by atoms with Crippen LogP contribution in [-0.4, -0.2) is 30.6 Å². The molecule has 0 aliphatic heterocycles. The van der Waals surface area contributed by atoms with Crippen molar-refractivity contribution in [3.05, 3.63) is 40.8 Å². The molecule has 1 unspecified atom stereocenters. The zero-order valence-electron chi connectivity index (χ0n) is 21.4. The highest BCUT2D eigenvalue weighted by molar-refractivity contribution is 7.81. The molecule has 1 aromatic carbocycles. The Kier molecular flexibility index (Phi) is 10.5. The Morgan fingerprint density at radius 1 is 0.943 bits per heavy atom. The lowest BCUT2D eigenvalue weighted by Crippen LogP contribution is -2.30. The molecule has 0 fully saturated rings. The Bertz CT molecular complexity index is 1080. The van der Waals surface area contributed by atoms with Crippen LogP contribution in [0.1, 0.15) is 96.5 Å². The van der Waals surface area contributed by atoms with Crippen LogP contribution in [0, 0.1) is 6.92 Å². The van der Waals surface area contributed by atoms with E-state index >= 15 is 0 Å².